The first kappa shape index (κ1) is 22.9. The Labute approximate surface area is 227 Å². The van der Waals surface area contributed by atoms with Crippen LogP contribution in [0.5, 0.6) is 0 Å². The lowest BCUT2D eigenvalue weighted by molar-refractivity contribution is 0.112. The van der Waals surface area contributed by atoms with Gasteiger partial charge in [-0.3, -0.25) is 4.79 Å². The molecule has 0 saturated carbocycles. The summed E-state index contributed by atoms with van der Waals surface area (Å²) in [5, 5.41) is 0. The number of hydrogen-bond acceptors (Lipinski definition) is 7. The second kappa shape index (κ2) is 9.82. The number of aldehydes is 1. The highest BCUT2D eigenvalue weighted by atomic mass is 32.1. The van der Waals surface area contributed by atoms with Gasteiger partial charge >= 0.3 is 0 Å². The third kappa shape index (κ3) is 4.91. The van der Waals surface area contributed by atoms with Crippen LogP contribution in [-0.4, -0.2) is 6.29 Å². The molecule has 0 fully saturated rings. The van der Waals surface area contributed by atoms with Gasteiger partial charge in [0.05, 0.1) is 14.6 Å². The molecule has 6 aromatic heterocycles. The molecule has 35 heavy (non-hydrogen) atoms. The number of rotatable bonds is 5. The largest absolute Gasteiger partial charge is 0.297 e. The van der Waals surface area contributed by atoms with E-state index in [1.807, 2.05) is 34.8 Å². The van der Waals surface area contributed by atoms with Gasteiger partial charge in [0.15, 0.2) is 6.29 Å². The van der Waals surface area contributed by atoms with Crippen LogP contribution in [0.1, 0.15) is 24.3 Å². The molecule has 0 aliphatic heterocycles. The molecular formula is C28H16OS6. The van der Waals surface area contributed by atoms with Gasteiger partial charge in [0.1, 0.15) is 0 Å². The van der Waals surface area contributed by atoms with Crippen LogP contribution in [-0.2, 0) is 0 Å². The normalized spacial score (nSPS) is 10.9. The van der Waals surface area contributed by atoms with Gasteiger partial charge < -0.3 is 0 Å². The molecule has 0 radical (unpaired) electrons. The van der Waals surface area contributed by atoms with Gasteiger partial charge in [-0.1, -0.05) is 0 Å². The monoisotopic (exact) mass is 560 g/mol. The Balaban J connectivity index is 1.17. The van der Waals surface area contributed by atoms with Gasteiger partial charge in [-0.25, -0.2) is 0 Å². The quantitative estimate of drug-likeness (QED) is 0.151. The Kier molecular flexibility index (Phi) is 6.42. The van der Waals surface area contributed by atoms with E-state index in [9.17, 15) is 4.79 Å². The molecule has 0 amide bonds. The SMILES string of the molecule is Cc1ccc(-c2ccc(-c3ccc(C#Cc4ccc(-c5ccc(-c6ccc(C=O)s6)s5)s4)s3)s2)s1. The Morgan fingerprint density at radius 3 is 1.34 bits per heavy atom. The molecule has 6 aromatic rings. The van der Waals surface area contributed by atoms with Crippen molar-refractivity contribution in [3.05, 3.63) is 92.3 Å². The number of thiophene rings is 6. The van der Waals surface area contributed by atoms with E-state index in [0.29, 0.717) is 0 Å². The molecule has 1 nitrogen and oxygen atoms in total. The van der Waals surface area contributed by atoms with E-state index in [-0.39, 0.29) is 0 Å². The molecule has 170 valence electrons. The summed E-state index contributed by atoms with van der Waals surface area (Å²) in [6, 6.07) is 25.6. The lowest BCUT2D eigenvalue weighted by Crippen LogP contribution is -1.62. The van der Waals surface area contributed by atoms with Crippen molar-refractivity contribution >= 4 is 74.3 Å². The fraction of sp³-hybridized carbons (Fsp3) is 0.0357. The number of carbonyl (C=O) groups is 1. The Bertz CT molecular complexity index is 1700. The minimum Gasteiger partial charge on any atom is -0.297 e. The van der Waals surface area contributed by atoms with Gasteiger partial charge in [0.25, 0.3) is 0 Å². The van der Waals surface area contributed by atoms with Crippen molar-refractivity contribution in [1.82, 2.24) is 0 Å². The Morgan fingerprint density at radius 2 is 0.886 bits per heavy atom. The van der Waals surface area contributed by atoms with Crippen LogP contribution in [0.25, 0.3) is 39.0 Å². The van der Waals surface area contributed by atoms with E-state index < -0.39 is 0 Å². The fourth-order valence-corrected chi connectivity index (χ4v) is 9.30. The molecule has 0 unspecified atom stereocenters. The predicted molar refractivity (Wildman–Crippen MR) is 158 cm³/mol. The highest BCUT2D eigenvalue weighted by molar-refractivity contribution is 7.27. The van der Waals surface area contributed by atoms with E-state index in [4.69, 9.17) is 0 Å². The number of carbonyl (C=O) groups excluding carboxylic acids is 1. The van der Waals surface area contributed by atoms with Gasteiger partial charge in [-0.05, 0) is 91.6 Å². The summed E-state index contributed by atoms with van der Waals surface area (Å²) in [6.07, 6.45) is 0.910. The molecule has 0 aromatic carbocycles. The van der Waals surface area contributed by atoms with Crippen molar-refractivity contribution in [3.8, 4) is 50.9 Å². The van der Waals surface area contributed by atoms with Gasteiger partial charge in [0, 0.05) is 43.9 Å². The molecule has 6 heterocycles. The van der Waals surface area contributed by atoms with Crippen molar-refractivity contribution in [2.45, 2.75) is 6.92 Å². The minimum absolute atomic E-state index is 0.762. The molecule has 0 saturated heterocycles. The first-order valence-corrected chi connectivity index (χ1v) is 15.6. The van der Waals surface area contributed by atoms with E-state index in [0.717, 1.165) is 25.8 Å². The molecule has 0 bridgehead atoms. The molecule has 0 aliphatic carbocycles. The summed E-state index contributed by atoms with van der Waals surface area (Å²) in [5.41, 5.74) is 0. The molecule has 0 atom stereocenters. The lowest BCUT2D eigenvalue weighted by Gasteiger charge is -1.90. The molecule has 0 spiro atoms. The maximum Gasteiger partial charge on any atom is 0.160 e. The van der Waals surface area contributed by atoms with Crippen molar-refractivity contribution < 1.29 is 4.79 Å². The van der Waals surface area contributed by atoms with E-state index in [1.54, 1.807) is 34.0 Å². The van der Waals surface area contributed by atoms with Gasteiger partial charge in [0.2, 0.25) is 0 Å². The highest BCUT2D eigenvalue weighted by Gasteiger charge is 2.10. The second-order valence-corrected chi connectivity index (χ2v) is 14.4. The van der Waals surface area contributed by atoms with Gasteiger partial charge in [-0.2, -0.15) is 0 Å². The maximum atomic E-state index is 11.0. The van der Waals surface area contributed by atoms with Gasteiger partial charge in [-0.15, -0.1) is 68.0 Å². The highest BCUT2D eigenvalue weighted by Crippen LogP contribution is 2.41. The van der Waals surface area contributed by atoms with Crippen molar-refractivity contribution in [3.63, 3.8) is 0 Å². The van der Waals surface area contributed by atoms with Crippen LogP contribution in [0, 0.1) is 18.8 Å². The second-order valence-electron chi connectivity index (χ2n) is 7.64. The third-order valence-corrected chi connectivity index (χ3v) is 12.2. The van der Waals surface area contributed by atoms with E-state index in [2.05, 4.69) is 79.4 Å². The molecule has 7 heteroatoms. The van der Waals surface area contributed by atoms with Crippen molar-refractivity contribution in [2.24, 2.45) is 0 Å². The first-order valence-electron chi connectivity index (χ1n) is 10.7. The fourth-order valence-electron chi connectivity index (χ4n) is 3.52. The van der Waals surface area contributed by atoms with E-state index in [1.165, 1.54) is 50.4 Å². The van der Waals surface area contributed by atoms with Crippen LogP contribution < -0.4 is 0 Å². The summed E-state index contributed by atoms with van der Waals surface area (Å²) < 4.78 is 0. The van der Waals surface area contributed by atoms with Crippen LogP contribution in [0.4, 0.5) is 0 Å². The summed E-state index contributed by atoms with van der Waals surface area (Å²) >= 11 is 10.4. The van der Waals surface area contributed by atoms with Crippen molar-refractivity contribution in [1.29, 1.82) is 0 Å². The standard InChI is InChI=1S/C28H16OS6/c1-17-2-8-21(30-17)25-12-13-26(34-25)22-9-5-18(31-22)3-4-19-6-10-23(32-19)27-14-15-28(35-27)24-11-7-20(16-29)33-24/h2,5-16H,1H3. The average molecular weight is 561 g/mol. The summed E-state index contributed by atoms with van der Waals surface area (Å²) in [7, 11) is 0. The Morgan fingerprint density at radius 1 is 0.486 bits per heavy atom. The van der Waals surface area contributed by atoms with Crippen LogP contribution in [0.15, 0.2) is 72.8 Å². The maximum absolute atomic E-state index is 11.0. The van der Waals surface area contributed by atoms with Crippen molar-refractivity contribution in [2.75, 3.05) is 0 Å². The molecule has 0 N–H and O–H groups in total. The Hall–Kier alpha value is -2.57. The van der Waals surface area contributed by atoms with Crippen LogP contribution in [0.2, 0.25) is 0 Å². The lowest BCUT2D eigenvalue weighted by atomic mass is 10.3. The van der Waals surface area contributed by atoms with Crippen LogP contribution >= 0.6 is 68.0 Å². The minimum atomic E-state index is 0.762. The summed E-state index contributed by atoms with van der Waals surface area (Å²) in [5.74, 6) is 6.71. The molecule has 0 aliphatic rings. The number of hydrogen-bond donors (Lipinski definition) is 0. The smallest absolute Gasteiger partial charge is 0.160 e. The predicted octanol–water partition coefficient (Wildman–Crippen LogP) is 10.2. The zero-order chi connectivity index (χ0) is 23.8. The zero-order valence-corrected chi connectivity index (χ0v) is 23.3. The molecule has 6 rings (SSSR count). The van der Waals surface area contributed by atoms with Crippen LogP contribution in [0.3, 0.4) is 0 Å². The molecular weight excluding hydrogens is 545 g/mol. The first-order chi connectivity index (χ1) is 17.1. The summed E-state index contributed by atoms with van der Waals surface area (Å²) in [6.45, 7) is 2.15. The average Bonchev–Trinajstić information content (AvgIpc) is 3.70. The zero-order valence-electron chi connectivity index (χ0n) is 18.4. The number of aryl methyl sites for hydroxylation is 1. The third-order valence-electron chi connectivity index (χ3n) is 5.19. The topological polar surface area (TPSA) is 17.1 Å². The summed E-state index contributed by atoms with van der Waals surface area (Å²) in [4.78, 5) is 25.2. The van der Waals surface area contributed by atoms with E-state index >= 15 is 0 Å².